The van der Waals surface area contributed by atoms with E-state index in [2.05, 4.69) is 14.7 Å². The van der Waals surface area contributed by atoms with Crippen molar-refractivity contribution in [3.63, 3.8) is 0 Å². The molecule has 6 nitrogen and oxygen atoms in total. The predicted octanol–water partition coefficient (Wildman–Crippen LogP) is 3.44. The number of ether oxygens (including phenoxy) is 1. The summed E-state index contributed by atoms with van der Waals surface area (Å²) >= 11 is 1.23. The quantitative estimate of drug-likeness (QED) is 0.764. The van der Waals surface area contributed by atoms with E-state index in [1.165, 1.54) is 11.3 Å². The van der Waals surface area contributed by atoms with Crippen LogP contribution in [0.3, 0.4) is 0 Å². The molecule has 0 aliphatic carbocycles. The monoisotopic (exact) mass is 347 g/mol. The zero-order valence-corrected chi connectivity index (χ0v) is 13.8. The number of nitrogens with zero attached hydrogens (tertiary/aromatic N) is 2. The van der Waals surface area contributed by atoms with E-state index in [9.17, 15) is 8.42 Å². The van der Waals surface area contributed by atoms with Crippen molar-refractivity contribution in [2.24, 2.45) is 0 Å². The SMILES string of the molecule is Cc1ccc(S(=O)(=O)Nc2ccc(Oc3ncccn3)cc2)s1. The third kappa shape index (κ3) is 3.85. The van der Waals surface area contributed by atoms with E-state index >= 15 is 0 Å². The minimum Gasteiger partial charge on any atom is -0.424 e. The largest absolute Gasteiger partial charge is 0.424 e. The molecule has 0 bridgehead atoms. The van der Waals surface area contributed by atoms with Gasteiger partial charge in [-0.25, -0.2) is 18.4 Å². The summed E-state index contributed by atoms with van der Waals surface area (Å²) in [5.41, 5.74) is 0.456. The van der Waals surface area contributed by atoms with Crippen LogP contribution in [0.5, 0.6) is 11.8 Å². The molecule has 0 aliphatic heterocycles. The highest BCUT2D eigenvalue weighted by Crippen LogP contribution is 2.25. The minimum absolute atomic E-state index is 0.231. The summed E-state index contributed by atoms with van der Waals surface area (Å²) in [6.45, 7) is 1.86. The molecular weight excluding hydrogens is 334 g/mol. The first-order valence-electron chi connectivity index (χ1n) is 6.67. The maximum Gasteiger partial charge on any atom is 0.321 e. The van der Waals surface area contributed by atoms with Gasteiger partial charge in [0.1, 0.15) is 9.96 Å². The second-order valence-corrected chi connectivity index (χ2v) is 7.83. The number of rotatable bonds is 5. The molecule has 0 spiro atoms. The molecule has 0 aliphatic rings. The van der Waals surface area contributed by atoms with Gasteiger partial charge in [0.15, 0.2) is 0 Å². The first-order chi connectivity index (χ1) is 11.0. The maximum atomic E-state index is 12.2. The molecule has 0 unspecified atom stereocenters. The van der Waals surface area contributed by atoms with Crippen LogP contribution in [0, 0.1) is 6.92 Å². The van der Waals surface area contributed by atoms with Gasteiger partial charge < -0.3 is 4.74 Å². The lowest BCUT2D eigenvalue weighted by Crippen LogP contribution is -2.11. The third-order valence-corrected chi connectivity index (χ3v) is 5.71. The molecule has 3 rings (SSSR count). The molecule has 8 heteroatoms. The highest BCUT2D eigenvalue weighted by molar-refractivity contribution is 7.94. The lowest BCUT2D eigenvalue weighted by atomic mass is 10.3. The van der Waals surface area contributed by atoms with Gasteiger partial charge in [-0.05, 0) is 49.4 Å². The molecule has 3 aromatic rings. The fraction of sp³-hybridized carbons (Fsp3) is 0.0667. The zero-order valence-electron chi connectivity index (χ0n) is 12.1. The average molecular weight is 347 g/mol. The topological polar surface area (TPSA) is 81.2 Å². The molecule has 0 amide bonds. The van der Waals surface area contributed by atoms with Gasteiger partial charge in [-0.3, -0.25) is 4.72 Å². The van der Waals surface area contributed by atoms with Crippen LogP contribution in [0.15, 0.2) is 59.1 Å². The lowest BCUT2D eigenvalue weighted by molar-refractivity contribution is 0.442. The molecular formula is C15H13N3O3S2. The second kappa shape index (κ2) is 6.35. The van der Waals surface area contributed by atoms with Crippen molar-refractivity contribution in [3.8, 4) is 11.8 Å². The minimum atomic E-state index is -3.56. The van der Waals surface area contributed by atoms with E-state index in [-0.39, 0.29) is 10.2 Å². The lowest BCUT2D eigenvalue weighted by Gasteiger charge is -2.07. The molecule has 0 saturated carbocycles. The summed E-state index contributed by atoms with van der Waals surface area (Å²) in [6.07, 6.45) is 3.15. The molecule has 1 N–H and O–H groups in total. The molecule has 118 valence electrons. The van der Waals surface area contributed by atoms with Gasteiger partial charge in [0.05, 0.1) is 0 Å². The van der Waals surface area contributed by atoms with Gasteiger partial charge in [0.25, 0.3) is 10.0 Å². The van der Waals surface area contributed by atoms with E-state index in [1.807, 2.05) is 6.92 Å². The van der Waals surface area contributed by atoms with Crippen molar-refractivity contribution in [2.75, 3.05) is 4.72 Å². The van der Waals surface area contributed by atoms with Gasteiger partial charge in [-0.2, -0.15) is 0 Å². The zero-order chi connectivity index (χ0) is 16.3. The van der Waals surface area contributed by atoms with Crippen LogP contribution in [0.1, 0.15) is 4.88 Å². The Labute approximate surface area is 137 Å². The van der Waals surface area contributed by atoms with Crippen LogP contribution < -0.4 is 9.46 Å². The Balaban J connectivity index is 1.72. The Morgan fingerprint density at radius 1 is 1.04 bits per heavy atom. The van der Waals surface area contributed by atoms with E-state index in [0.717, 1.165) is 4.88 Å². The smallest absolute Gasteiger partial charge is 0.321 e. The van der Waals surface area contributed by atoms with Crippen molar-refractivity contribution in [1.29, 1.82) is 0 Å². The maximum absolute atomic E-state index is 12.2. The molecule has 0 fully saturated rings. The van der Waals surface area contributed by atoms with E-state index < -0.39 is 10.0 Å². The van der Waals surface area contributed by atoms with Crippen molar-refractivity contribution in [3.05, 3.63) is 59.7 Å². The van der Waals surface area contributed by atoms with Crippen LogP contribution in [0.4, 0.5) is 5.69 Å². The number of aromatic nitrogens is 2. The Hall–Kier alpha value is -2.45. The number of hydrogen-bond donors (Lipinski definition) is 1. The number of aryl methyl sites for hydroxylation is 1. The molecule has 0 saturated heterocycles. The number of hydrogen-bond acceptors (Lipinski definition) is 6. The third-order valence-electron chi connectivity index (χ3n) is 2.84. The predicted molar refractivity (Wildman–Crippen MR) is 88.4 cm³/mol. The first-order valence-corrected chi connectivity index (χ1v) is 8.97. The summed E-state index contributed by atoms with van der Waals surface area (Å²) in [7, 11) is -3.56. The summed E-state index contributed by atoms with van der Waals surface area (Å²) < 4.78 is 32.8. The fourth-order valence-electron chi connectivity index (χ4n) is 1.80. The Kier molecular flexibility index (Phi) is 4.26. The standard InChI is InChI=1S/C15H13N3O3S2/c1-11-3-8-14(22-11)23(19,20)18-12-4-6-13(7-5-12)21-15-16-9-2-10-17-15/h2-10,18H,1H3. The molecule has 0 atom stereocenters. The van der Waals surface area contributed by atoms with Crippen LogP contribution in [0.2, 0.25) is 0 Å². The number of thiophene rings is 1. The van der Waals surface area contributed by atoms with Gasteiger partial charge in [0.2, 0.25) is 0 Å². The fourth-order valence-corrected chi connectivity index (χ4v) is 4.14. The van der Waals surface area contributed by atoms with E-state index in [1.54, 1.807) is 54.9 Å². The van der Waals surface area contributed by atoms with Crippen molar-refractivity contribution >= 4 is 27.0 Å². The molecule has 23 heavy (non-hydrogen) atoms. The number of nitrogens with one attached hydrogen (secondary N) is 1. The summed E-state index contributed by atoms with van der Waals surface area (Å²) in [5, 5.41) is 0. The van der Waals surface area contributed by atoms with Crippen molar-refractivity contribution < 1.29 is 13.2 Å². The van der Waals surface area contributed by atoms with Crippen LogP contribution >= 0.6 is 11.3 Å². The second-order valence-electron chi connectivity index (χ2n) is 4.63. The van der Waals surface area contributed by atoms with Gasteiger partial charge in [-0.15, -0.1) is 11.3 Å². The Bertz CT molecular complexity index is 891. The highest BCUT2D eigenvalue weighted by atomic mass is 32.2. The van der Waals surface area contributed by atoms with Crippen LogP contribution in [0.25, 0.3) is 0 Å². The van der Waals surface area contributed by atoms with Crippen molar-refractivity contribution in [1.82, 2.24) is 9.97 Å². The molecule has 2 heterocycles. The summed E-state index contributed by atoms with van der Waals surface area (Å²) in [6, 6.07) is 11.8. The number of sulfonamides is 1. The molecule has 2 aromatic heterocycles. The van der Waals surface area contributed by atoms with Crippen molar-refractivity contribution in [2.45, 2.75) is 11.1 Å². The highest BCUT2D eigenvalue weighted by Gasteiger charge is 2.16. The first kappa shape index (κ1) is 15.4. The Morgan fingerprint density at radius 3 is 2.35 bits per heavy atom. The van der Waals surface area contributed by atoms with Gasteiger partial charge >= 0.3 is 6.01 Å². The van der Waals surface area contributed by atoms with Gasteiger partial charge in [-0.1, -0.05) is 0 Å². The normalized spacial score (nSPS) is 11.2. The van der Waals surface area contributed by atoms with E-state index in [4.69, 9.17) is 4.74 Å². The van der Waals surface area contributed by atoms with Gasteiger partial charge in [0, 0.05) is 23.0 Å². The number of anilines is 1. The van der Waals surface area contributed by atoms with Crippen LogP contribution in [-0.2, 0) is 10.0 Å². The average Bonchev–Trinajstić information content (AvgIpc) is 2.98. The number of benzene rings is 1. The van der Waals surface area contributed by atoms with E-state index in [0.29, 0.717) is 11.4 Å². The molecule has 0 radical (unpaired) electrons. The molecule has 1 aromatic carbocycles. The summed E-state index contributed by atoms with van der Waals surface area (Å²) in [4.78, 5) is 8.85. The Morgan fingerprint density at radius 2 is 1.74 bits per heavy atom. The van der Waals surface area contributed by atoms with Crippen LogP contribution in [-0.4, -0.2) is 18.4 Å². The summed E-state index contributed by atoms with van der Waals surface area (Å²) in [5.74, 6) is 0.520.